The lowest BCUT2D eigenvalue weighted by Crippen LogP contribution is -2.29. The zero-order valence-electron chi connectivity index (χ0n) is 11.1. The van der Waals surface area contributed by atoms with Gasteiger partial charge in [0.1, 0.15) is 5.82 Å². The zero-order valence-corrected chi connectivity index (χ0v) is 11.1. The van der Waals surface area contributed by atoms with E-state index < -0.39 is 17.8 Å². The molecular weight excluding hydrogens is 273 g/mol. The maximum atomic E-state index is 13.4. The Kier molecular flexibility index (Phi) is 4.50. The highest BCUT2D eigenvalue weighted by Crippen LogP contribution is 2.14. The van der Waals surface area contributed by atoms with E-state index >= 15 is 0 Å². The number of carbonyl (C=O) groups excluding carboxylic acids is 2. The monoisotopic (exact) mass is 287 g/mol. The summed E-state index contributed by atoms with van der Waals surface area (Å²) in [6, 6.07) is 12.0. The van der Waals surface area contributed by atoms with E-state index in [-0.39, 0.29) is 12.1 Å². The highest BCUT2D eigenvalue weighted by Gasteiger charge is 2.10. The summed E-state index contributed by atoms with van der Waals surface area (Å²) in [6.45, 7) is 0.0389. The lowest BCUT2D eigenvalue weighted by molar-refractivity contribution is 0.100. The van der Waals surface area contributed by atoms with Crippen LogP contribution in [0.5, 0.6) is 0 Å². The van der Waals surface area contributed by atoms with Crippen molar-refractivity contribution in [3.63, 3.8) is 0 Å². The van der Waals surface area contributed by atoms with E-state index in [1.807, 2.05) is 0 Å². The number of urea groups is 1. The number of carbonyl (C=O) groups is 2. The van der Waals surface area contributed by atoms with Gasteiger partial charge in [-0.05, 0) is 18.2 Å². The fourth-order valence-corrected chi connectivity index (χ4v) is 1.79. The maximum Gasteiger partial charge on any atom is 0.319 e. The lowest BCUT2D eigenvalue weighted by Gasteiger charge is -2.10. The normalized spacial score (nSPS) is 9.95. The number of hydrogen-bond acceptors (Lipinski definition) is 2. The van der Waals surface area contributed by atoms with Gasteiger partial charge < -0.3 is 16.4 Å². The smallest absolute Gasteiger partial charge is 0.319 e. The Morgan fingerprint density at radius 1 is 1.05 bits per heavy atom. The Morgan fingerprint density at radius 2 is 1.71 bits per heavy atom. The van der Waals surface area contributed by atoms with E-state index in [4.69, 9.17) is 5.73 Å². The average Bonchev–Trinajstić information content (AvgIpc) is 2.47. The number of halogens is 1. The van der Waals surface area contributed by atoms with E-state index in [0.717, 1.165) is 0 Å². The summed E-state index contributed by atoms with van der Waals surface area (Å²) < 4.78 is 13.4. The predicted molar refractivity (Wildman–Crippen MR) is 77.2 cm³/mol. The Morgan fingerprint density at radius 3 is 2.43 bits per heavy atom. The van der Waals surface area contributed by atoms with Crippen LogP contribution in [0.3, 0.4) is 0 Å². The summed E-state index contributed by atoms with van der Waals surface area (Å²) >= 11 is 0. The molecule has 0 saturated carbocycles. The van der Waals surface area contributed by atoms with E-state index in [2.05, 4.69) is 10.6 Å². The summed E-state index contributed by atoms with van der Waals surface area (Å²) in [5.74, 6) is -1.03. The van der Waals surface area contributed by atoms with Gasteiger partial charge in [-0.3, -0.25) is 4.79 Å². The van der Waals surface area contributed by atoms with Gasteiger partial charge in [0.2, 0.25) is 0 Å². The Balaban J connectivity index is 2.00. The summed E-state index contributed by atoms with van der Waals surface area (Å²) in [4.78, 5) is 23.0. The number of benzene rings is 2. The molecule has 2 aromatic rings. The van der Waals surface area contributed by atoms with E-state index in [0.29, 0.717) is 11.3 Å². The van der Waals surface area contributed by atoms with Crippen molar-refractivity contribution in [3.8, 4) is 0 Å². The van der Waals surface area contributed by atoms with Crippen molar-refractivity contribution in [2.24, 2.45) is 5.73 Å². The van der Waals surface area contributed by atoms with Gasteiger partial charge in [0, 0.05) is 12.1 Å². The van der Waals surface area contributed by atoms with Crippen molar-refractivity contribution >= 4 is 17.6 Å². The topological polar surface area (TPSA) is 84.2 Å². The molecule has 0 aliphatic carbocycles. The van der Waals surface area contributed by atoms with E-state index in [1.54, 1.807) is 36.4 Å². The number of nitrogens with two attached hydrogens (primary N) is 1. The molecular formula is C15H14FN3O2. The fraction of sp³-hybridized carbons (Fsp3) is 0.0667. The molecule has 5 nitrogen and oxygen atoms in total. The molecule has 2 aromatic carbocycles. The second kappa shape index (κ2) is 6.51. The molecule has 0 unspecified atom stereocenters. The van der Waals surface area contributed by atoms with Gasteiger partial charge in [-0.1, -0.05) is 30.3 Å². The number of para-hydroxylation sites is 1. The molecule has 0 saturated heterocycles. The first-order valence-corrected chi connectivity index (χ1v) is 6.25. The van der Waals surface area contributed by atoms with E-state index in [9.17, 15) is 14.0 Å². The van der Waals surface area contributed by atoms with Crippen molar-refractivity contribution in [2.45, 2.75) is 6.54 Å². The highest BCUT2D eigenvalue weighted by molar-refractivity contribution is 6.02. The third kappa shape index (κ3) is 3.79. The van der Waals surface area contributed by atoms with Crippen LogP contribution in [-0.2, 0) is 6.54 Å². The standard InChI is InChI=1S/C15H14FN3O2/c16-12-7-3-1-5-10(12)9-18-15(21)19-13-8-4-2-6-11(13)14(17)20/h1-8H,9H2,(H2,17,20)(H2,18,19,21). The van der Waals surface area contributed by atoms with Crippen LogP contribution in [0.25, 0.3) is 0 Å². The third-order valence-corrected chi connectivity index (χ3v) is 2.84. The molecule has 2 rings (SSSR count). The predicted octanol–water partition coefficient (Wildman–Crippen LogP) is 2.25. The summed E-state index contributed by atoms with van der Waals surface area (Å²) in [5, 5.41) is 5.02. The van der Waals surface area contributed by atoms with Crippen LogP contribution in [-0.4, -0.2) is 11.9 Å². The van der Waals surface area contributed by atoms with Crippen LogP contribution in [0, 0.1) is 5.82 Å². The van der Waals surface area contributed by atoms with Crippen molar-refractivity contribution in [3.05, 3.63) is 65.5 Å². The summed E-state index contributed by atoms with van der Waals surface area (Å²) in [5.41, 5.74) is 6.09. The second-order valence-electron chi connectivity index (χ2n) is 4.31. The van der Waals surface area contributed by atoms with Crippen LogP contribution >= 0.6 is 0 Å². The molecule has 0 atom stereocenters. The Bertz CT molecular complexity index is 673. The molecule has 0 spiro atoms. The average molecular weight is 287 g/mol. The molecule has 0 radical (unpaired) electrons. The molecule has 108 valence electrons. The second-order valence-corrected chi connectivity index (χ2v) is 4.31. The Hall–Kier alpha value is -2.89. The van der Waals surface area contributed by atoms with Gasteiger partial charge in [0.05, 0.1) is 11.3 Å². The number of primary amides is 1. The van der Waals surface area contributed by atoms with Crippen molar-refractivity contribution in [1.82, 2.24) is 5.32 Å². The van der Waals surface area contributed by atoms with E-state index in [1.165, 1.54) is 12.1 Å². The molecule has 6 heteroatoms. The van der Waals surface area contributed by atoms with Crippen molar-refractivity contribution < 1.29 is 14.0 Å². The molecule has 0 heterocycles. The minimum absolute atomic E-state index is 0.0389. The molecule has 0 bridgehead atoms. The third-order valence-electron chi connectivity index (χ3n) is 2.84. The molecule has 0 fully saturated rings. The van der Waals surface area contributed by atoms with Crippen LogP contribution < -0.4 is 16.4 Å². The van der Waals surface area contributed by atoms with Gasteiger partial charge in [-0.2, -0.15) is 0 Å². The fourth-order valence-electron chi connectivity index (χ4n) is 1.79. The van der Waals surface area contributed by atoms with Gasteiger partial charge in [0.25, 0.3) is 5.91 Å². The van der Waals surface area contributed by atoms with Gasteiger partial charge in [0.15, 0.2) is 0 Å². The first-order valence-electron chi connectivity index (χ1n) is 6.25. The van der Waals surface area contributed by atoms with Crippen LogP contribution in [0.1, 0.15) is 15.9 Å². The summed E-state index contributed by atoms with van der Waals surface area (Å²) in [7, 11) is 0. The number of nitrogens with one attached hydrogen (secondary N) is 2. The van der Waals surface area contributed by atoms with Crippen LogP contribution in [0.4, 0.5) is 14.9 Å². The zero-order chi connectivity index (χ0) is 15.2. The maximum absolute atomic E-state index is 13.4. The van der Waals surface area contributed by atoms with Crippen LogP contribution in [0.15, 0.2) is 48.5 Å². The molecule has 0 aromatic heterocycles. The van der Waals surface area contributed by atoms with Gasteiger partial charge in [-0.15, -0.1) is 0 Å². The molecule has 0 aliphatic rings. The minimum Gasteiger partial charge on any atom is -0.366 e. The SMILES string of the molecule is NC(=O)c1ccccc1NC(=O)NCc1ccccc1F. The van der Waals surface area contributed by atoms with Crippen molar-refractivity contribution in [2.75, 3.05) is 5.32 Å². The molecule has 4 N–H and O–H groups in total. The molecule has 21 heavy (non-hydrogen) atoms. The summed E-state index contributed by atoms with van der Waals surface area (Å²) in [6.07, 6.45) is 0. The van der Waals surface area contributed by atoms with Gasteiger partial charge in [-0.25, -0.2) is 9.18 Å². The largest absolute Gasteiger partial charge is 0.366 e. The van der Waals surface area contributed by atoms with Crippen LogP contribution in [0.2, 0.25) is 0 Å². The molecule has 0 aliphatic heterocycles. The minimum atomic E-state index is -0.639. The number of anilines is 1. The Labute approximate surface area is 121 Å². The number of amides is 3. The van der Waals surface area contributed by atoms with Crippen molar-refractivity contribution in [1.29, 1.82) is 0 Å². The number of hydrogen-bond donors (Lipinski definition) is 3. The lowest BCUT2D eigenvalue weighted by atomic mass is 10.1. The highest BCUT2D eigenvalue weighted by atomic mass is 19.1. The number of rotatable bonds is 4. The molecule has 3 amide bonds. The van der Waals surface area contributed by atoms with Gasteiger partial charge >= 0.3 is 6.03 Å². The first-order chi connectivity index (χ1) is 10.1. The quantitative estimate of drug-likeness (QED) is 0.805. The first kappa shape index (κ1) is 14.5.